The van der Waals surface area contributed by atoms with Crippen molar-refractivity contribution in [2.75, 3.05) is 6.61 Å². The number of aromatic nitrogens is 3. The van der Waals surface area contributed by atoms with Gasteiger partial charge in [0.25, 0.3) is 0 Å². The first-order chi connectivity index (χ1) is 14.2. The van der Waals surface area contributed by atoms with Crippen LogP contribution in [0.5, 0.6) is 5.88 Å². The van der Waals surface area contributed by atoms with E-state index in [1.54, 1.807) is 13.0 Å². The number of hydrogen-bond acceptors (Lipinski definition) is 4. The van der Waals surface area contributed by atoms with Crippen LogP contribution in [0.2, 0.25) is 0 Å². The zero-order valence-electron chi connectivity index (χ0n) is 16.5. The highest BCUT2D eigenvalue weighted by Gasteiger charge is 2.47. The molecule has 0 aliphatic heterocycles. The molecule has 0 bridgehead atoms. The summed E-state index contributed by atoms with van der Waals surface area (Å²) >= 11 is 0. The van der Waals surface area contributed by atoms with Gasteiger partial charge in [0.05, 0.1) is 17.1 Å². The molecule has 1 amide bonds. The molecule has 1 saturated carbocycles. The van der Waals surface area contributed by atoms with Gasteiger partial charge in [0.1, 0.15) is 5.82 Å². The van der Waals surface area contributed by atoms with Gasteiger partial charge in [0, 0.05) is 31.1 Å². The fourth-order valence-electron chi connectivity index (χ4n) is 3.56. The van der Waals surface area contributed by atoms with Crippen LogP contribution in [0.15, 0.2) is 42.6 Å². The third-order valence-corrected chi connectivity index (χ3v) is 5.28. The van der Waals surface area contributed by atoms with Crippen molar-refractivity contribution in [3.63, 3.8) is 0 Å². The Hall–Kier alpha value is -3.10. The average molecular weight is 418 g/mol. The summed E-state index contributed by atoms with van der Waals surface area (Å²) in [5, 5.41) is 2.95. The summed E-state index contributed by atoms with van der Waals surface area (Å²) < 4.78 is 43.3. The third kappa shape index (κ3) is 4.24. The number of carbonyl (C=O) groups is 1. The second-order valence-corrected chi connectivity index (χ2v) is 7.53. The summed E-state index contributed by atoms with van der Waals surface area (Å²) in [7, 11) is 1.95. The van der Waals surface area contributed by atoms with Crippen LogP contribution in [0.3, 0.4) is 0 Å². The van der Waals surface area contributed by atoms with E-state index in [0.29, 0.717) is 5.56 Å². The van der Waals surface area contributed by atoms with Crippen molar-refractivity contribution in [3.8, 4) is 5.88 Å². The maximum Gasteiger partial charge on any atom is 0.422 e. The third-order valence-electron chi connectivity index (χ3n) is 5.28. The summed E-state index contributed by atoms with van der Waals surface area (Å²) in [4.78, 5) is 21.2. The number of nitrogens with one attached hydrogen (secondary N) is 1. The predicted molar refractivity (Wildman–Crippen MR) is 104 cm³/mol. The van der Waals surface area contributed by atoms with Crippen molar-refractivity contribution >= 4 is 16.9 Å². The average Bonchev–Trinajstić information content (AvgIpc) is 3.44. The SMILES string of the molecule is C[C@@H](NC(=O)C1CC1c1nc2ccccc2n1C)c1ccc(OCC(F)(F)F)nc1. The molecule has 30 heavy (non-hydrogen) atoms. The number of carbonyl (C=O) groups excluding carboxylic acids is 1. The van der Waals surface area contributed by atoms with E-state index in [-0.39, 0.29) is 29.7 Å². The number of fused-ring (bicyclic) bond motifs is 1. The van der Waals surface area contributed by atoms with Gasteiger partial charge in [0.15, 0.2) is 6.61 Å². The van der Waals surface area contributed by atoms with Gasteiger partial charge in [-0.05, 0) is 31.0 Å². The predicted octanol–water partition coefficient (Wildman–Crippen LogP) is 3.89. The number of hydrogen-bond donors (Lipinski definition) is 1. The molecular weight excluding hydrogens is 397 g/mol. The van der Waals surface area contributed by atoms with E-state index < -0.39 is 12.8 Å². The second-order valence-electron chi connectivity index (χ2n) is 7.53. The Kier molecular flexibility index (Phi) is 5.13. The number of halogens is 3. The number of para-hydroxylation sites is 2. The minimum Gasteiger partial charge on any atom is -0.468 e. The van der Waals surface area contributed by atoms with Crippen molar-refractivity contribution in [1.29, 1.82) is 0 Å². The Morgan fingerprint density at radius 1 is 1.30 bits per heavy atom. The summed E-state index contributed by atoms with van der Waals surface area (Å²) in [6.07, 6.45) is -2.27. The van der Waals surface area contributed by atoms with Gasteiger partial charge >= 0.3 is 6.18 Å². The first-order valence-electron chi connectivity index (χ1n) is 9.60. The Morgan fingerprint density at radius 2 is 2.07 bits per heavy atom. The normalized spacial score (nSPS) is 19.5. The first-order valence-corrected chi connectivity index (χ1v) is 9.60. The fraction of sp³-hybridized carbons (Fsp3) is 0.381. The van der Waals surface area contributed by atoms with Gasteiger partial charge in [-0.15, -0.1) is 0 Å². The molecule has 1 aromatic carbocycles. The highest BCUT2D eigenvalue weighted by atomic mass is 19.4. The van der Waals surface area contributed by atoms with Gasteiger partial charge in [-0.1, -0.05) is 18.2 Å². The first kappa shape index (κ1) is 20.2. The van der Waals surface area contributed by atoms with Crippen LogP contribution < -0.4 is 10.1 Å². The second kappa shape index (κ2) is 7.62. The molecule has 3 atom stereocenters. The molecular formula is C21H21F3N4O2. The molecule has 9 heteroatoms. The fourth-order valence-corrected chi connectivity index (χ4v) is 3.56. The summed E-state index contributed by atoms with van der Waals surface area (Å²) in [5.74, 6) is 0.642. The largest absolute Gasteiger partial charge is 0.468 e. The van der Waals surface area contributed by atoms with Crippen LogP contribution in [0.25, 0.3) is 11.0 Å². The maximum absolute atomic E-state index is 12.7. The molecule has 0 radical (unpaired) electrons. The van der Waals surface area contributed by atoms with Crippen molar-refractivity contribution in [1.82, 2.24) is 19.9 Å². The van der Waals surface area contributed by atoms with Crippen LogP contribution in [-0.2, 0) is 11.8 Å². The van der Waals surface area contributed by atoms with E-state index in [0.717, 1.165) is 23.3 Å². The van der Waals surface area contributed by atoms with Crippen molar-refractivity contribution < 1.29 is 22.7 Å². The summed E-state index contributed by atoms with van der Waals surface area (Å²) in [6.45, 7) is 0.411. The van der Waals surface area contributed by atoms with Crippen LogP contribution >= 0.6 is 0 Å². The standard InChI is InChI=1S/C21H21F3N4O2/c1-12(13-7-8-18(25-10-13)30-11-21(22,23)24)26-20(29)15-9-14(15)19-27-16-5-3-4-6-17(16)28(19)2/h3-8,10,12,14-15H,9,11H2,1-2H3,(H,26,29)/t12-,14?,15?/m1/s1. The molecule has 1 N–H and O–H groups in total. The number of rotatable bonds is 6. The monoisotopic (exact) mass is 418 g/mol. The van der Waals surface area contributed by atoms with E-state index in [2.05, 4.69) is 20.0 Å². The van der Waals surface area contributed by atoms with E-state index in [1.165, 1.54) is 12.3 Å². The van der Waals surface area contributed by atoms with Crippen molar-refractivity contribution in [3.05, 3.63) is 54.0 Å². The topological polar surface area (TPSA) is 69.0 Å². The molecule has 2 unspecified atom stereocenters. The summed E-state index contributed by atoms with van der Waals surface area (Å²) in [5.41, 5.74) is 2.63. The van der Waals surface area contributed by atoms with E-state index in [9.17, 15) is 18.0 Å². The molecule has 2 heterocycles. The minimum absolute atomic E-state index is 0.0723. The maximum atomic E-state index is 12.7. The number of aryl methyl sites for hydroxylation is 1. The van der Waals surface area contributed by atoms with Crippen molar-refractivity contribution in [2.24, 2.45) is 13.0 Å². The Morgan fingerprint density at radius 3 is 2.73 bits per heavy atom. The van der Waals surface area contributed by atoms with Crippen LogP contribution in [0.1, 0.15) is 36.7 Å². The highest BCUT2D eigenvalue weighted by molar-refractivity contribution is 5.83. The number of alkyl halides is 3. The quantitative estimate of drug-likeness (QED) is 0.660. The number of amides is 1. The zero-order valence-corrected chi connectivity index (χ0v) is 16.5. The van der Waals surface area contributed by atoms with Gasteiger partial charge < -0.3 is 14.6 Å². The molecule has 6 nitrogen and oxygen atoms in total. The number of imidazole rings is 1. The number of pyridine rings is 1. The highest BCUT2D eigenvalue weighted by Crippen LogP contribution is 2.47. The molecule has 2 aromatic heterocycles. The van der Waals surface area contributed by atoms with Gasteiger partial charge in [-0.25, -0.2) is 9.97 Å². The Labute approximate surface area is 171 Å². The van der Waals surface area contributed by atoms with Crippen LogP contribution in [-0.4, -0.2) is 33.2 Å². The summed E-state index contributed by atoms with van der Waals surface area (Å²) in [6, 6.07) is 10.5. The molecule has 1 fully saturated rings. The molecule has 158 valence electrons. The van der Waals surface area contributed by atoms with Crippen LogP contribution in [0.4, 0.5) is 13.2 Å². The van der Waals surface area contributed by atoms with Crippen molar-refractivity contribution in [2.45, 2.75) is 31.5 Å². The lowest BCUT2D eigenvalue weighted by Crippen LogP contribution is -2.28. The molecule has 0 saturated heterocycles. The Bertz CT molecular complexity index is 1060. The molecule has 4 rings (SSSR count). The molecule has 0 spiro atoms. The lowest BCUT2D eigenvalue weighted by Gasteiger charge is -2.15. The number of ether oxygens (including phenoxy) is 1. The lowest BCUT2D eigenvalue weighted by atomic mass is 10.1. The number of benzene rings is 1. The smallest absolute Gasteiger partial charge is 0.422 e. The molecule has 3 aromatic rings. The zero-order chi connectivity index (χ0) is 21.5. The lowest BCUT2D eigenvalue weighted by molar-refractivity contribution is -0.154. The van der Waals surface area contributed by atoms with Crippen LogP contribution in [0, 0.1) is 5.92 Å². The molecule has 1 aliphatic rings. The van der Waals surface area contributed by atoms with E-state index in [4.69, 9.17) is 0 Å². The van der Waals surface area contributed by atoms with E-state index in [1.807, 2.05) is 35.9 Å². The van der Waals surface area contributed by atoms with Gasteiger partial charge in [0.2, 0.25) is 11.8 Å². The van der Waals surface area contributed by atoms with Gasteiger partial charge in [-0.3, -0.25) is 4.79 Å². The minimum atomic E-state index is -4.42. The number of nitrogens with zero attached hydrogens (tertiary/aromatic N) is 3. The van der Waals surface area contributed by atoms with E-state index >= 15 is 0 Å². The van der Waals surface area contributed by atoms with Gasteiger partial charge in [-0.2, -0.15) is 13.2 Å². The Balaban J connectivity index is 1.35. The molecule has 1 aliphatic carbocycles.